The van der Waals surface area contributed by atoms with E-state index in [1.165, 1.54) is 18.5 Å². The van der Waals surface area contributed by atoms with Crippen LogP contribution in [0.15, 0.2) is 48.8 Å². The number of nitrogens with zero attached hydrogens (tertiary/aromatic N) is 2. The number of hydrogen-bond donors (Lipinski definition) is 2. The van der Waals surface area contributed by atoms with Crippen molar-refractivity contribution in [2.75, 3.05) is 10.6 Å². The molecule has 0 aliphatic rings. The highest BCUT2D eigenvalue weighted by Gasteiger charge is 2.11. The van der Waals surface area contributed by atoms with Gasteiger partial charge in [-0.25, -0.2) is 18.7 Å². The minimum Gasteiger partial charge on any atom is -0.340 e. The molecule has 132 valence electrons. The Labute approximate surface area is 153 Å². The molecular weight excluding hydrogens is 362 g/mol. The van der Waals surface area contributed by atoms with Gasteiger partial charge in [0.1, 0.15) is 17.8 Å². The first kappa shape index (κ1) is 17.8. The molecule has 0 saturated carbocycles. The van der Waals surface area contributed by atoms with Gasteiger partial charge in [0.25, 0.3) is 5.91 Å². The predicted octanol–water partition coefficient (Wildman–Crippen LogP) is 4.71. The van der Waals surface area contributed by atoms with Gasteiger partial charge < -0.3 is 10.6 Å². The topological polar surface area (TPSA) is 66.9 Å². The van der Waals surface area contributed by atoms with Gasteiger partial charge >= 0.3 is 0 Å². The van der Waals surface area contributed by atoms with E-state index in [-0.39, 0.29) is 11.4 Å². The largest absolute Gasteiger partial charge is 0.340 e. The molecule has 0 fully saturated rings. The van der Waals surface area contributed by atoms with E-state index in [9.17, 15) is 13.6 Å². The highest BCUT2D eigenvalue weighted by Crippen LogP contribution is 2.22. The second kappa shape index (κ2) is 7.45. The molecule has 2 N–H and O–H groups in total. The first-order chi connectivity index (χ1) is 12.4. The molecule has 0 atom stereocenters. The van der Waals surface area contributed by atoms with Crippen molar-refractivity contribution < 1.29 is 13.6 Å². The maximum absolute atomic E-state index is 13.2. The average Bonchev–Trinajstić information content (AvgIpc) is 2.61. The molecule has 2 aromatic carbocycles. The highest BCUT2D eigenvalue weighted by atomic mass is 35.5. The summed E-state index contributed by atoms with van der Waals surface area (Å²) in [5.74, 6) is -2.24. The minimum atomic E-state index is -1.05. The second-order valence-corrected chi connectivity index (χ2v) is 5.87. The van der Waals surface area contributed by atoms with Crippen LogP contribution in [0.4, 0.5) is 26.0 Å². The zero-order valence-electron chi connectivity index (χ0n) is 13.6. The summed E-state index contributed by atoms with van der Waals surface area (Å²) in [4.78, 5) is 20.2. The van der Waals surface area contributed by atoms with E-state index < -0.39 is 17.5 Å². The number of benzene rings is 2. The fourth-order valence-corrected chi connectivity index (χ4v) is 2.32. The summed E-state index contributed by atoms with van der Waals surface area (Å²) in [6.07, 6.45) is 1.22. The zero-order chi connectivity index (χ0) is 18.7. The van der Waals surface area contributed by atoms with E-state index in [1.54, 1.807) is 6.07 Å². The van der Waals surface area contributed by atoms with E-state index in [0.29, 0.717) is 16.5 Å². The average molecular weight is 375 g/mol. The number of carbonyl (C=O) groups excluding carboxylic acids is 1. The van der Waals surface area contributed by atoms with Crippen LogP contribution in [0.1, 0.15) is 16.1 Å². The van der Waals surface area contributed by atoms with Gasteiger partial charge in [0, 0.05) is 28.5 Å². The van der Waals surface area contributed by atoms with Crippen molar-refractivity contribution in [2.24, 2.45) is 0 Å². The number of anilines is 3. The van der Waals surface area contributed by atoms with Crippen LogP contribution < -0.4 is 10.6 Å². The Kier molecular flexibility index (Phi) is 5.09. The van der Waals surface area contributed by atoms with Crippen LogP contribution >= 0.6 is 11.6 Å². The molecule has 3 aromatic rings. The van der Waals surface area contributed by atoms with Crippen molar-refractivity contribution in [3.05, 3.63) is 76.7 Å². The van der Waals surface area contributed by atoms with Gasteiger partial charge in [-0.1, -0.05) is 17.7 Å². The van der Waals surface area contributed by atoms with Crippen molar-refractivity contribution in [1.82, 2.24) is 9.97 Å². The number of halogens is 3. The lowest BCUT2D eigenvalue weighted by Crippen LogP contribution is -2.14. The lowest BCUT2D eigenvalue weighted by molar-refractivity contribution is 0.102. The van der Waals surface area contributed by atoms with E-state index >= 15 is 0 Å². The van der Waals surface area contributed by atoms with E-state index in [2.05, 4.69) is 20.6 Å². The third-order valence-corrected chi connectivity index (χ3v) is 3.93. The normalized spacial score (nSPS) is 10.5. The SMILES string of the molecule is Cc1ccc(Nc2cc(C(=O)Nc3ccc(F)c(F)c3)ncn2)cc1Cl. The monoisotopic (exact) mass is 374 g/mol. The van der Waals surface area contributed by atoms with Crippen LogP contribution in [0.3, 0.4) is 0 Å². The molecule has 0 bridgehead atoms. The molecule has 0 unspecified atom stereocenters. The summed E-state index contributed by atoms with van der Waals surface area (Å²) in [5, 5.41) is 6.07. The van der Waals surface area contributed by atoms with Gasteiger partial charge in [-0.05, 0) is 36.8 Å². The Morgan fingerprint density at radius 3 is 2.50 bits per heavy atom. The third-order valence-electron chi connectivity index (χ3n) is 3.52. The Hall–Kier alpha value is -3.06. The number of aryl methyl sites for hydroxylation is 1. The predicted molar refractivity (Wildman–Crippen MR) is 95.8 cm³/mol. The van der Waals surface area contributed by atoms with Crippen LogP contribution in [0.5, 0.6) is 0 Å². The number of aromatic nitrogens is 2. The molecule has 0 aliphatic carbocycles. The number of rotatable bonds is 4. The fourth-order valence-electron chi connectivity index (χ4n) is 2.14. The Morgan fingerprint density at radius 1 is 1.00 bits per heavy atom. The molecule has 0 spiro atoms. The van der Waals surface area contributed by atoms with Crippen molar-refractivity contribution >= 4 is 34.7 Å². The lowest BCUT2D eigenvalue weighted by atomic mass is 10.2. The first-order valence-electron chi connectivity index (χ1n) is 7.54. The van der Waals surface area contributed by atoms with Crippen molar-refractivity contribution in [1.29, 1.82) is 0 Å². The van der Waals surface area contributed by atoms with Crippen LogP contribution in [0.25, 0.3) is 0 Å². The molecule has 0 saturated heterocycles. The van der Waals surface area contributed by atoms with Gasteiger partial charge in [0.05, 0.1) is 0 Å². The Morgan fingerprint density at radius 2 is 1.77 bits per heavy atom. The number of hydrogen-bond acceptors (Lipinski definition) is 4. The molecule has 1 aromatic heterocycles. The fraction of sp³-hybridized carbons (Fsp3) is 0.0556. The van der Waals surface area contributed by atoms with Crippen LogP contribution in [0.2, 0.25) is 5.02 Å². The molecular formula is C18H13ClF2N4O. The quantitative estimate of drug-likeness (QED) is 0.694. The molecule has 3 rings (SSSR count). The van der Waals surface area contributed by atoms with E-state index in [4.69, 9.17) is 11.6 Å². The molecule has 0 radical (unpaired) electrons. The second-order valence-electron chi connectivity index (χ2n) is 5.46. The number of carbonyl (C=O) groups is 1. The number of amides is 1. The van der Waals surface area contributed by atoms with E-state index in [1.807, 2.05) is 19.1 Å². The summed E-state index contributed by atoms with van der Waals surface area (Å²) in [5.41, 5.74) is 1.82. The minimum absolute atomic E-state index is 0.0606. The van der Waals surface area contributed by atoms with Crippen LogP contribution in [0, 0.1) is 18.6 Å². The highest BCUT2D eigenvalue weighted by molar-refractivity contribution is 6.31. The summed E-state index contributed by atoms with van der Waals surface area (Å²) < 4.78 is 26.2. The van der Waals surface area contributed by atoms with Crippen molar-refractivity contribution in [3.63, 3.8) is 0 Å². The zero-order valence-corrected chi connectivity index (χ0v) is 14.3. The van der Waals surface area contributed by atoms with E-state index in [0.717, 1.165) is 17.7 Å². The Balaban J connectivity index is 1.76. The molecule has 26 heavy (non-hydrogen) atoms. The van der Waals surface area contributed by atoms with Gasteiger partial charge in [0.15, 0.2) is 11.6 Å². The van der Waals surface area contributed by atoms with Crippen LogP contribution in [-0.2, 0) is 0 Å². The first-order valence-corrected chi connectivity index (χ1v) is 7.92. The lowest BCUT2D eigenvalue weighted by Gasteiger charge is -2.09. The molecule has 1 heterocycles. The number of nitrogens with one attached hydrogen (secondary N) is 2. The molecule has 5 nitrogen and oxygen atoms in total. The van der Waals surface area contributed by atoms with Crippen molar-refractivity contribution in [2.45, 2.75) is 6.92 Å². The van der Waals surface area contributed by atoms with Crippen molar-refractivity contribution in [3.8, 4) is 0 Å². The Bertz CT molecular complexity index is 981. The maximum atomic E-state index is 13.2. The summed E-state index contributed by atoms with van der Waals surface area (Å²) in [6.45, 7) is 1.89. The molecule has 8 heteroatoms. The van der Waals surface area contributed by atoms with Gasteiger partial charge in [-0.15, -0.1) is 0 Å². The van der Waals surface area contributed by atoms with Gasteiger partial charge in [-0.2, -0.15) is 0 Å². The summed E-state index contributed by atoms with van der Waals surface area (Å²) >= 11 is 6.08. The van der Waals surface area contributed by atoms with Gasteiger partial charge in [-0.3, -0.25) is 4.79 Å². The maximum Gasteiger partial charge on any atom is 0.274 e. The molecule has 1 amide bonds. The van der Waals surface area contributed by atoms with Crippen LogP contribution in [-0.4, -0.2) is 15.9 Å². The standard InChI is InChI=1S/C18H13ClF2N4O/c1-10-2-3-11(6-13(10)19)24-17-8-16(22-9-23-17)18(26)25-12-4-5-14(20)15(21)7-12/h2-9H,1H3,(H,25,26)(H,22,23,24). The van der Waals surface area contributed by atoms with Gasteiger partial charge in [0.2, 0.25) is 0 Å². The molecule has 0 aliphatic heterocycles. The third kappa shape index (κ3) is 4.12. The smallest absolute Gasteiger partial charge is 0.274 e. The summed E-state index contributed by atoms with van der Waals surface area (Å²) in [7, 11) is 0. The summed E-state index contributed by atoms with van der Waals surface area (Å²) in [6, 6.07) is 9.92.